The number of carbonyl (C=O) groups is 1. The van der Waals surface area contributed by atoms with Crippen LogP contribution in [0.3, 0.4) is 0 Å². The van der Waals surface area contributed by atoms with Crippen LogP contribution in [0.5, 0.6) is 0 Å². The summed E-state index contributed by atoms with van der Waals surface area (Å²) in [5, 5.41) is 2.74. The van der Waals surface area contributed by atoms with Crippen molar-refractivity contribution >= 4 is 45.9 Å². The van der Waals surface area contributed by atoms with Gasteiger partial charge in [-0.05, 0) is 29.9 Å². The number of hydrogen-bond acceptors (Lipinski definition) is 5. The van der Waals surface area contributed by atoms with Gasteiger partial charge in [-0.1, -0.05) is 18.5 Å². The van der Waals surface area contributed by atoms with E-state index in [1.54, 1.807) is 11.3 Å². The Balaban J connectivity index is 2.64. The van der Waals surface area contributed by atoms with Gasteiger partial charge in [0.1, 0.15) is 4.88 Å². The molecule has 6 heteroatoms. The first-order valence-electron chi connectivity index (χ1n) is 5.74. The number of esters is 1. The molecule has 2 N–H and O–H groups in total. The smallest absolute Gasteiger partial charge is 0.350 e. The van der Waals surface area contributed by atoms with Crippen LogP contribution in [0.4, 0.5) is 5.69 Å². The molecule has 102 valence electrons. The number of thiophene rings is 2. The number of hydrogen-bond donors (Lipinski definition) is 1. The standard InChI is InChI=1S/C13H14ClNO2S2/c1-4-7-9(15)12(13(16)17-3)19-10(7)11-8(14)6(2)5-18-11/h5H,4,15H2,1-3H3. The van der Waals surface area contributed by atoms with E-state index in [-0.39, 0.29) is 0 Å². The maximum absolute atomic E-state index is 11.7. The molecule has 0 aliphatic rings. The fourth-order valence-electron chi connectivity index (χ4n) is 1.84. The highest BCUT2D eigenvalue weighted by Gasteiger charge is 2.23. The molecule has 0 saturated carbocycles. The van der Waals surface area contributed by atoms with Gasteiger partial charge in [-0.3, -0.25) is 0 Å². The fourth-order valence-corrected chi connectivity index (χ4v) is 4.60. The number of nitrogen functional groups attached to an aromatic ring is 1. The Morgan fingerprint density at radius 3 is 2.63 bits per heavy atom. The monoisotopic (exact) mass is 315 g/mol. The van der Waals surface area contributed by atoms with E-state index in [4.69, 9.17) is 22.1 Å². The molecule has 0 radical (unpaired) electrons. The van der Waals surface area contributed by atoms with Gasteiger partial charge in [-0.25, -0.2) is 4.79 Å². The third-order valence-electron chi connectivity index (χ3n) is 2.88. The fraction of sp³-hybridized carbons (Fsp3) is 0.308. The van der Waals surface area contributed by atoms with E-state index in [0.717, 1.165) is 32.3 Å². The molecule has 2 aromatic rings. The molecule has 0 amide bonds. The largest absolute Gasteiger partial charge is 0.465 e. The number of nitrogens with two attached hydrogens (primary N) is 1. The zero-order valence-corrected chi connectivity index (χ0v) is 13.3. The van der Waals surface area contributed by atoms with Crippen molar-refractivity contribution in [2.75, 3.05) is 12.8 Å². The van der Waals surface area contributed by atoms with Crippen LogP contribution in [-0.4, -0.2) is 13.1 Å². The Kier molecular flexibility index (Phi) is 4.18. The summed E-state index contributed by atoms with van der Waals surface area (Å²) in [6.45, 7) is 3.98. The van der Waals surface area contributed by atoms with Gasteiger partial charge in [0.05, 0.1) is 27.6 Å². The number of ether oxygens (including phenoxy) is 1. The van der Waals surface area contributed by atoms with E-state index in [2.05, 4.69) is 0 Å². The van der Waals surface area contributed by atoms with Crippen LogP contribution in [0.1, 0.15) is 27.7 Å². The van der Waals surface area contributed by atoms with Gasteiger partial charge in [0.15, 0.2) is 0 Å². The van der Waals surface area contributed by atoms with Crippen LogP contribution in [0.2, 0.25) is 5.02 Å². The summed E-state index contributed by atoms with van der Waals surface area (Å²) in [5.41, 5.74) is 8.57. The van der Waals surface area contributed by atoms with Gasteiger partial charge >= 0.3 is 5.97 Å². The Morgan fingerprint density at radius 1 is 1.47 bits per heavy atom. The van der Waals surface area contributed by atoms with Gasteiger partial charge in [0, 0.05) is 0 Å². The van der Waals surface area contributed by atoms with Gasteiger partial charge in [0.25, 0.3) is 0 Å². The maximum atomic E-state index is 11.7. The molecule has 2 heterocycles. The topological polar surface area (TPSA) is 52.3 Å². The lowest BCUT2D eigenvalue weighted by molar-refractivity contribution is 0.0607. The molecule has 0 saturated heterocycles. The van der Waals surface area contributed by atoms with E-state index in [9.17, 15) is 4.79 Å². The second-order valence-electron chi connectivity index (χ2n) is 4.06. The maximum Gasteiger partial charge on any atom is 0.350 e. The van der Waals surface area contributed by atoms with Gasteiger partial charge in [-0.2, -0.15) is 0 Å². The van der Waals surface area contributed by atoms with Crippen LogP contribution in [-0.2, 0) is 11.2 Å². The van der Waals surface area contributed by atoms with Crippen molar-refractivity contribution in [3.63, 3.8) is 0 Å². The molecule has 0 fully saturated rings. The highest BCUT2D eigenvalue weighted by atomic mass is 35.5. The van der Waals surface area contributed by atoms with Crippen molar-refractivity contribution in [2.45, 2.75) is 20.3 Å². The van der Waals surface area contributed by atoms with Gasteiger partial charge in [-0.15, -0.1) is 22.7 Å². The number of rotatable bonds is 3. The first kappa shape index (κ1) is 14.4. The minimum absolute atomic E-state index is 0.396. The van der Waals surface area contributed by atoms with Crippen molar-refractivity contribution in [3.8, 4) is 9.75 Å². The molecule has 0 unspecified atom stereocenters. The first-order valence-corrected chi connectivity index (χ1v) is 7.82. The Labute approximate surface area is 125 Å². The third-order valence-corrected chi connectivity index (χ3v) is 5.97. The molecular formula is C13H14ClNO2S2. The van der Waals surface area contributed by atoms with Crippen LogP contribution in [0.15, 0.2) is 5.38 Å². The number of halogens is 1. The second-order valence-corrected chi connectivity index (χ2v) is 6.34. The summed E-state index contributed by atoms with van der Waals surface area (Å²) in [6.07, 6.45) is 0.752. The Bertz CT molecular complexity index is 631. The molecule has 0 aliphatic heterocycles. The lowest BCUT2D eigenvalue weighted by Gasteiger charge is -2.01. The third kappa shape index (κ3) is 2.38. The minimum atomic E-state index is -0.396. The molecular weight excluding hydrogens is 302 g/mol. The summed E-state index contributed by atoms with van der Waals surface area (Å²) in [6, 6.07) is 0. The highest BCUT2D eigenvalue weighted by molar-refractivity contribution is 7.23. The lowest BCUT2D eigenvalue weighted by atomic mass is 10.1. The average Bonchev–Trinajstić information content (AvgIpc) is 2.90. The predicted octanol–water partition coefficient (Wildman–Crippen LogP) is 4.37. The Morgan fingerprint density at radius 2 is 2.16 bits per heavy atom. The Hall–Kier alpha value is -1.04. The zero-order chi connectivity index (χ0) is 14.2. The predicted molar refractivity (Wildman–Crippen MR) is 82.5 cm³/mol. The van der Waals surface area contributed by atoms with Crippen molar-refractivity contribution in [2.24, 2.45) is 0 Å². The summed E-state index contributed by atoms with van der Waals surface area (Å²) in [7, 11) is 1.36. The molecule has 3 nitrogen and oxygen atoms in total. The van der Waals surface area contributed by atoms with Crippen molar-refractivity contribution in [1.82, 2.24) is 0 Å². The first-order chi connectivity index (χ1) is 9.01. The highest BCUT2D eigenvalue weighted by Crippen LogP contribution is 2.45. The minimum Gasteiger partial charge on any atom is -0.465 e. The molecule has 2 aromatic heterocycles. The zero-order valence-electron chi connectivity index (χ0n) is 10.9. The molecule has 0 spiro atoms. The number of anilines is 1. The van der Waals surface area contributed by atoms with E-state index in [1.807, 2.05) is 19.2 Å². The van der Waals surface area contributed by atoms with Crippen molar-refractivity contribution in [1.29, 1.82) is 0 Å². The average molecular weight is 316 g/mol. The lowest BCUT2D eigenvalue weighted by Crippen LogP contribution is -2.02. The van der Waals surface area contributed by atoms with E-state index in [0.29, 0.717) is 10.6 Å². The van der Waals surface area contributed by atoms with Crippen LogP contribution in [0.25, 0.3) is 9.75 Å². The van der Waals surface area contributed by atoms with Crippen molar-refractivity contribution in [3.05, 3.63) is 26.4 Å². The molecule has 0 atom stereocenters. The summed E-state index contributed by atoms with van der Waals surface area (Å²) < 4.78 is 4.76. The second kappa shape index (κ2) is 5.53. The van der Waals surface area contributed by atoms with Crippen LogP contribution >= 0.6 is 34.3 Å². The SMILES string of the molecule is CCc1c(-c2scc(C)c2Cl)sc(C(=O)OC)c1N. The van der Waals surface area contributed by atoms with Gasteiger partial charge < -0.3 is 10.5 Å². The summed E-state index contributed by atoms with van der Waals surface area (Å²) >= 11 is 9.23. The molecule has 0 aromatic carbocycles. The summed E-state index contributed by atoms with van der Waals surface area (Å²) in [5.74, 6) is -0.396. The molecule has 0 bridgehead atoms. The summed E-state index contributed by atoms with van der Waals surface area (Å²) in [4.78, 5) is 14.1. The van der Waals surface area contributed by atoms with E-state index < -0.39 is 5.97 Å². The van der Waals surface area contributed by atoms with E-state index >= 15 is 0 Å². The number of methoxy groups -OCH3 is 1. The molecule has 2 rings (SSSR count). The van der Waals surface area contributed by atoms with E-state index in [1.165, 1.54) is 18.4 Å². The van der Waals surface area contributed by atoms with Gasteiger partial charge in [0.2, 0.25) is 0 Å². The quantitative estimate of drug-likeness (QED) is 0.856. The number of aryl methyl sites for hydroxylation is 1. The molecule has 0 aliphatic carbocycles. The molecule has 19 heavy (non-hydrogen) atoms. The van der Waals surface area contributed by atoms with Crippen LogP contribution in [0, 0.1) is 6.92 Å². The van der Waals surface area contributed by atoms with Crippen LogP contribution < -0.4 is 5.73 Å². The van der Waals surface area contributed by atoms with Crippen molar-refractivity contribution < 1.29 is 9.53 Å². The normalized spacial score (nSPS) is 10.7. The number of carbonyl (C=O) groups excluding carboxylic acids is 1.